The molecule has 2 heterocycles. The number of carbonyl (C=O) groups is 6. The number of rotatable bonds is 14. The van der Waals surface area contributed by atoms with Crippen LogP contribution in [0.2, 0.25) is 0 Å². The van der Waals surface area contributed by atoms with Gasteiger partial charge >= 0.3 is 24.1 Å². The van der Waals surface area contributed by atoms with E-state index in [0.717, 1.165) is 22.3 Å². The number of nitrogens with one attached hydrogen (secondary N) is 2. The van der Waals surface area contributed by atoms with Crippen LogP contribution in [0.25, 0.3) is 0 Å². The summed E-state index contributed by atoms with van der Waals surface area (Å²) in [7, 11) is 2.44. The van der Waals surface area contributed by atoms with Crippen molar-refractivity contribution in [1.29, 1.82) is 0 Å². The molecule has 2 aromatic rings. The Balaban J connectivity index is 1.17. The van der Waals surface area contributed by atoms with E-state index in [1.165, 1.54) is 30.1 Å². The molecule has 0 saturated carbocycles. The molecule has 0 aromatic heterocycles. The molecule has 6 N–H and O–H groups in total. The highest BCUT2D eigenvalue weighted by atomic mass is 16.6. The van der Waals surface area contributed by atoms with E-state index in [0.29, 0.717) is 25.9 Å². The van der Waals surface area contributed by atoms with Crippen molar-refractivity contribution in [2.24, 2.45) is 11.5 Å². The van der Waals surface area contributed by atoms with Crippen LogP contribution in [0.4, 0.5) is 9.59 Å². The number of benzene rings is 2. The van der Waals surface area contributed by atoms with Crippen LogP contribution in [0, 0.1) is 11.8 Å². The van der Waals surface area contributed by atoms with Crippen LogP contribution in [0.15, 0.2) is 60.3 Å². The van der Waals surface area contributed by atoms with Crippen LogP contribution >= 0.6 is 0 Å². The van der Waals surface area contributed by atoms with E-state index < -0.39 is 42.3 Å². The van der Waals surface area contributed by atoms with Crippen molar-refractivity contribution in [3.05, 3.63) is 82.6 Å². The first kappa shape index (κ1) is 40.8. The van der Waals surface area contributed by atoms with Gasteiger partial charge in [0, 0.05) is 38.9 Å². The van der Waals surface area contributed by atoms with E-state index in [9.17, 15) is 28.8 Å². The quantitative estimate of drug-likeness (QED) is 0.121. The number of likely N-dealkylation sites (tertiary alicyclic amines) is 1. The van der Waals surface area contributed by atoms with Gasteiger partial charge in [-0.3, -0.25) is 9.59 Å². The van der Waals surface area contributed by atoms with E-state index in [4.69, 9.17) is 30.4 Å². The zero-order valence-electron chi connectivity index (χ0n) is 30.3. The first-order chi connectivity index (χ1) is 26.0. The maximum atomic E-state index is 13.1. The molecule has 1 fully saturated rings. The van der Waals surface area contributed by atoms with Gasteiger partial charge in [-0.15, -0.1) is 0 Å². The van der Waals surface area contributed by atoms with Crippen molar-refractivity contribution in [2.75, 3.05) is 40.5 Å². The van der Waals surface area contributed by atoms with Crippen molar-refractivity contribution in [1.82, 2.24) is 20.4 Å². The van der Waals surface area contributed by atoms with E-state index in [1.54, 1.807) is 0 Å². The second-order valence-electron chi connectivity index (χ2n) is 12.5. The lowest BCUT2D eigenvalue weighted by Gasteiger charge is -2.22. The molecule has 4 rings (SSSR count). The Hall–Kier alpha value is -5.92. The number of hydrogen-bond donors (Lipinski definition) is 4. The molecule has 2 aliphatic heterocycles. The summed E-state index contributed by atoms with van der Waals surface area (Å²) < 4.78 is 19.9. The van der Waals surface area contributed by atoms with E-state index in [1.807, 2.05) is 48.5 Å². The minimum Gasteiger partial charge on any atom is -0.467 e. The highest BCUT2D eigenvalue weighted by Crippen LogP contribution is 2.22. The van der Waals surface area contributed by atoms with Crippen molar-refractivity contribution in [3.63, 3.8) is 0 Å². The molecular formula is C38H46N6O10. The molecule has 0 spiro atoms. The second kappa shape index (κ2) is 20.4. The topological polar surface area (TPSA) is 222 Å². The Kier molecular flexibility index (Phi) is 15.4. The fraction of sp³-hybridized carbons (Fsp3) is 0.421. The third kappa shape index (κ3) is 11.8. The molecule has 288 valence electrons. The van der Waals surface area contributed by atoms with Gasteiger partial charge in [0.15, 0.2) is 13.2 Å². The fourth-order valence-electron chi connectivity index (χ4n) is 5.98. The van der Waals surface area contributed by atoms with E-state index in [-0.39, 0.29) is 63.1 Å². The van der Waals surface area contributed by atoms with Gasteiger partial charge in [0.05, 0.1) is 32.8 Å². The maximum Gasteiger partial charge on any atom is 0.408 e. The maximum absolute atomic E-state index is 13.1. The summed E-state index contributed by atoms with van der Waals surface area (Å²) in [5.41, 5.74) is 15.1. The van der Waals surface area contributed by atoms with Gasteiger partial charge in [0.2, 0.25) is 11.8 Å². The highest BCUT2D eigenvalue weighted by molar-refractivity contribution is 5.95. The number of nitrogens with two attached hydrogens (primary N) is 2. The summed E-state index contributed by atoms with van der Waals surface area (Å²) >= 11 is 0. The molecule has 2 aliphatic rings. The van der Waals surface area contributed by atoms with Crippen molar-refractivity contribution in [2.45, 2.75) is 63.3 Å². The van der Waals surface area contributed by atoms with E-state index >= 15 is 0 Å². The summed E-state index contributed by atoms with van der Waals surface area (Å²) in [5.74, 6) is 3.26. The first-order valence-electron chi connectivity index (χ1n) is 17.4. The fourth-order valence-corrected chi connectivity index (χ4v) is 5.98. The van der Waals surface area contributed by atoms with Gasteiger partial charge in [-0.2, -0.15) is 0 Å². The van der Waals surface area contributed by atoms with Crippen molar-refractivity contribution in [3.8, 4) is 11.8 Å². The zero-order valence-corrected chi connectivity index (χ0v) is 30.3. The number of alkyl carbamates (subject to hydrolysis) is 2. The summed E-state index contributed by atoms with van der Waals surface area (Å²) in [5, 5.41) is 5.22. The van der Waals surface area contributed by atoms with Crippen LogP contribution in [0.3, 0.4) is 0 Å². The molecule has 16 nitrogen and oxygen atoms in total. The number of carbonyl (C=O) groups excluding carboxylic acids is 6. The first-order valence-corrected chi connectivity index (χ1v) is 17.4. The lowest BCUT2D eigenvalue weighted by molar-refractivity contribution is -0.150. The largest absolute Gasteiger partial charge is 0.467 e. The predicted molar refractivity (Wildman–Crippen MR) is 194 cm³/mol. The Bertz CT molecular complexity index is 1750. The number of nitrogens with zero attached hydrogens (tertiary/aromatic N) is 2. The van der Waals surface area contributed by atoms with Gasteiger partial charge in [-0.1, -0.05) is 60.4 Å². The molecule has 3 atom stereocenters. The molecule has 0 bridgehead atoms. The van der Waals surface area contributed by atoms with Crippen LogP contribution in [-0.2, 0) is 64.1 Å². The zero-order chi connectivity index (χ0) is 39.0. The van der Waals surface area contributed by atoms with Gasteiger partial charge in [0.25, 0.3) is 0 Å². The van der Waals surface area contributed by atoms with Crippen molar-refractivity contribution < 1.29 is 47.7 Å². The average Bonchev–Trinajstić information content (AvgIpc) is 3.81. The number of methoxy groups -OCH3 is 2. The van der Waals surface area contributed by atoms with Crippen LogP contribution in [0.1, 0.15) is 41.5 Å². The third-order valence-corrected chi connectivity index (χ3v) is 8.89. The van der Waals surface area contributed by atoms with E-state index in [2.05, 4.69) is 22.5 Å². The SMILES string of the molecule is COC(=O)C1=CC(NC(=O)OCC#CCOC(=O)NC2CC(C(=O)OC)N(C(=O)CCc3ccc(CN)cc3)C2)CN1C(=O)CCc1ccc(CN)cc1. The summed E-state index contributed by atoms with van der Waals surface area (Å²) in [6.45, 7) is 0.292. The lowest BCUT2D eigenvalue weighted by Crippen LogP contribution is -2.42. The number of amides is 4. The van der Waals surface area contributed by atoms with Gasteiger partial charge < -0.3 is 50.8 Å². The Morgan fingerprint density at radius 3 is 1.76 bits per heavy atom. The Morgan fingerprint density at radius 2 is 1.24 bits per heavy atom. The smallest absolute Gasteiger partial charge is 0.408 e. The molecule has 0 aliphatic carbocycles. The molecule has 2 aromatic carbocycles. The summed E-state index contributed by atoms with van der Waals surface area (Å²) in [6, 6.07) is 13.1. The second-order valence-corrected chi connectivity index (χ2v) is 12.5. The van der Waals surface area contributed by atoms with Gasteiger partial charge in [-0.25, -0.2) is 19.2 Å². The Labute approximate surface area is 313 Å². The number of aryl methyl sites for hydroxylation is 2. The van der Waals surface area contributed by atoms with Gasteiger partial charge in [0.1, 0.15) is 11.7 Å². The summed E-state index contributed by atoms with van der Waals surface area (Å²) in [4.78, 5) is 78.4. The van der Waals surface area contributed by atoms with Crippen LogP contribution in [-0.4, -0.2) is 104 Å². The molecule has 54 heavy (non-hydrogen) atoms. The standard InChI is InChI=1S/C38H46N6O10/c1-51-35(47)31-19-29(23-43(31)33(45)15-13-25-5-9-27(21-39)10-6-25)41-37(49)53-17-3-4-18-54-38(50)42-30-20-32(36(48)52-2)44(24-30)34(46)16-14-26-7-11-28(22-40)12-8-26/h5-12,19,29-30,32H,13-18,20-24,39-40H2,1-2H3,(H,41,49)(H,42,50). The minimum atomic E-state index is -0.851. The minimum absolute atomic E-state index is 0.0103. The normalized spacial score (nSPS) is 17.4. The molecule has 3 unspecified atom stereocenters. The lowest BCUT2D eigenvalue weighted by atomic mass is 10.1. The molecular weight excluding hydrogens is 700 g/mol. The molecule has 4 amide bonds. The number of hydrogen-bond acceptors (Lipinski definition) is 12. The van der Waals surface area contributed by atoms with Crippen LogP contribution < -0.4 is 22.1 Å². The molecule has 1 saturated heterocycles. The Morgan fingerprint density at radius 1 is 0.722 bits per heavy atom. The highest BCUT2D eigenvalue weighted by Gasteiger charge is 2.41. The average molecular weight is 747 g/mol. The monoisotopic (exact) mass is 746 g/mol. The molecule has 0 radical (unpaired) electrons. The van der Waals surface area contributed by atoms with Crippen molar-refractivity contribution >= 4 is 35.9 Å². The van der Waals surface area contributed by atoms with Gasteiger partial charge in [-0.05, 0) is 41.2 Å². The van der Waals surface area contributed by atoms with Crippen LogP contribution in [0.5, 0.6) is 0 Å². The number of esters is 2. The molecule has 16 heteroatoms. The summed E-state index contributed by atoms with van der Waals surface area (Å²) in [6.07, 6.45) is 1.15. The predicted octanol–water partition coefficient (Wildman–Crippen LogP) is 1.04. The third-order valence-electron chi connectivity index (χ3n) is 8.89. The number of ether oxygens (including phenoxy) is 4.